The first kappa shape index (κ1) is 7.77. The molecular weight excluding hydrogens is 156 g/mol. The second kappa shape index (κ2) is 2.31. The monoisotopic (exact) mass is 168 g/mol. The number of ketones is 1. The van der Waals surface area contributed by atoms with Gasteiger partial charge in [-0.25, -0.2) is 0 Å². The molecule has 2 aliphatic carbocycles. The molecule has 0 aromatic heterocycles. The smallest absolute Gasteiger partial charge is 0.310 e. The molecule has 0 amide bonds. The lowest BCUT2D eigenvalue weighted by molar-refractivity contribution is -0.145. The molecule has 0 bridgehead atoms. The van der Waals surface area contributed by atoms with Crippen LogP contribution in [-0.2, 0) is 9.59 Å². The number of rotatable bonds is 4. The zero-order chi connectivity index (χ0) is 8.77. The summed E-state index contributed by atoms with van der Waals surface area (Å²) < 4.78 is 0. The maximum Gasteiger partial charge on any atom is 0.310 e. The topological polar surface area (TPSA) is 54.4 Å². The minimum absolute atomic E-state index is 0.176. The van der Waals surface area contributed by atoms with Crippen molar-refractivity contribution in [2.75, 3.05) is 0 Å². The van der Waals surface area contributed by atoms with Gasteiger partial charge in [-0.15, -0.1) is 0 Å². The molecule has 0 heterocycles. The van der Waals surface area contributed by atoms with E-state index in [0.717, 1.165) is 12.8 Å². The summed E-state index contributed by atoms with van der Waals surface area (Å²) in [5.41, 5.74) is -0.639. The molecule has 0 radical (unpaired) electrons. The minimum Gasteiger partial charge on any atom is -0.481 e. The predicted octanol–water partition coefficient (Wildman–Crippen LogP) is 1.22. The highest BCUT2D eigenvalue weighted by Gasteiger charge is 2.52. The quantitative estimate of drug-likeness (QED) is 0.686. The summed E-state index contributed by atoms with van der Waals surface area (Å²) in [5, 5.41) is 8.80. The number of hydrogen-bond donors (Lipinski definition) is 1. The van der Waals surface area contributed by atoms with Gasteiger partial charge >= 0.3 is 5.97 Å². The van der Waals surface area contributed by atoms with Crippen LogP contribution in [0.25, 0.3) is 0 Å². The van der Waals surface area contributed by atoms with Gasteiger partial charge < -0.3 is 5.11 Å². The highest BCUT2D eigenvalue weighted by atomic mass is 16.4. The Bertz CT molecular complexity index is 236. The second-order valence-electron chi connectivity index (χ2n) is 4.00. The number of hydrogen-bond acceptors (Lipinski definition) is 2. The first-order chi connectivity index (χ1) is 5.64. The zero-order valence-corrected chi connectivity index (χ0v) is 6.88. The highest BCUT2D eigenvalue weighted by Crippen LogP contribution is 2.50. The van der Waals surface area contributed by atoms with Crippen molar-refractivity contribution in [3.8, 4) is 0 Å². The fourth-order valence-electron chi connectivity index (χ4n) is 1.50. The number of carboxylic acid groups (broad SMARTS) is 1. The summed E-state index contributed by atoms with van der Waals surface area (Å²) >= 11 is 0. The normalized spacial score (nSPS) is 25.0. The molecule has 0 aromatic rings. The molecule has 2 fully saturated rings. The van der Waals surface area contributed by atoms with Gasteiger partial charge in [-0.2, -0.15) is 0 Å². The van der Waals surface area contributed by atoms with E-state index in [2.05, 4.69) is 0 Å². The SMILES string of the molecule is O=C(CC1(C(=O)O)CC1)C1CC1. The van der Waals surface area contributed by atoms with Crippen molar-refractivity contribution in [2.24, 2.45) is 11.3 Å². The van der Waals surface area contributed by atoms with Crippen LogP contribution in [0.4, 0.5) is 0 Å². The van der Waals surface area contributed by atoms with E-state index in [9.17, 15) is 9.59 Å². The van der Waals surface area contributed by atoms with Crippen molar-refractivity contribution in [1.29, 1.82) is 0 Å². The van der Waals surface area contributed by atoms with Gasteiger partial charge in [0.05, 0.1) is 5.41 Å². The molecule has 2 aliphatic rings. The van der Waals surface area contributed by atoms with Crippen LogP contribution in [0, 0.1) is 11.3 Å². The Balaban J connectivity index is 1.93. The van der Waals surface area contributed by atoms with Crippen LogP contribution in [0.1, 0.15) is 32.1 Å². The lowest BCUT2D eigenvalue weighted by Crippen LogP contribution is -2.19. The lowest BCUT2D eigenvalue weighted by Gasteiger charge is -2.06. The molecule has 0 aromatic carbocycles. The van der Waals surface area contributed by atoms with E-state index in [-0.39, 0.29) is 18.1 Å². The number of carbonyl (C=O) groups excluding carboxylic acids is 1. The van der Waals surface area contributed by atoms with Gasteiger partial charge in [0.25, 0.3) is 0 Å². The Kier molecular flexibility index (Phi) is 1.50. The van der Waals surface area contributed by atoms with E-state index in [0.29, 0.717) is 12.8 Å². The van der Waals surface area contributed by atoms with Crippen LogP contribution >= 0.6 is 0 Å². The number of carboxylic acids is 1. The molecule has 0 aliphatic heterocycles. The van der Waals surface area contributed by atoms with Gasteiger partial charge in [-0.1, -0.05) is 0 Å². The number of carbonyl (C=O) groups is 2. The van der Waals surface area contributed by atoms with Crippen molar-refractivity contribution in [2.45, 2.75) is 32.1 Å². The van der Waals surface area contributed by atoms with Gasteiger partial charge in [0.15, 0.2) is 0 Å². The average molecular weight is 168 g/mol. The van der Waals surface area contributed by atoms with Crippen LogP contribution in [0.3, 0.4) is 0 Å². The maximum absolute atomic E-state index is 11.3. The fraction of sp³-hybridized carbons (Fsp3) is 0.778. The van der Waals surface area contributed by atoms with Crippen molar-refractivity contribution in [3.63, 3.8) is 0 Å². The molecule has 66 valence electrons. The predicted molar refractivity (Wildman–Crippen MR) is 41.7 cm³/mol. The molecular formula is C9H12O3. The molecule has 3 nitrogen and oxygen atoms in total. The van der Waals surface area contributed by atoms with Gasteiger partial charge in [-0.3, -0.25) is 9.59 Å². The Morgan fingerprint density at radius 3 is 2.25 bits per heavy atom. The van der Waals surface area contributed by atoms with E-state index in [1.165, 1.54) is 0 Å². The molecule has 0 atom stereocenters. The van der Waals surface area contributed by atoms with Crippen molar-refractivity contribution >= 4 is 11.8 Å². The summed E-state index contributed by atoms with van der Waals surface area (Å²) in [4.78, 5) is 22.0. The molecule has 0 unspecified atom stereocenters. The minimum atomic E-state index is -0.781. The molecule has 1 N–H and O–H groups in total. The largest absolute Gasteiger partial charge is 0.481 e. The Hall–Kier alpha value is -0.860. The van der Waals surface area contributed by atoms with Gasteiger partial charge in [-0.05, 0) is 25.7 Å². The van der Waals surface area contributed by atoms with Crippen LogP contribution in [-0.4, -0.2) is 16.9 Å². The van der Waals surface area contributed by atoms with Gasteiger partial charge in [0.2, 0.25) is 0 Å². The Labute approximate surface area is 70.8 Å². The van der Waals surface area contributed by atoms with Crippen LogP contribution in [0.5, 0.6) is 0 Å². The average Bonchev–Trinajstić information content (AvgIpc) is 2.84. The molecule has 2 rings (SSSR count). The first-order valence-corrected chi connectivity index (χ1v) is 4.40. The second-order valence-corrected chi connectivity index (χ2v) is 4.00. The van der Waals surface area contributed by atoms with Crippen molar-refractivity contribution in [1.82, 2.24) is 0 Å². The van der Waals surface area contributed by atoms with Crippen LogP contribution in [0.15, 0.2) is 0 Å². The Morgan fingerprint density at radius 2 is 1.92 bits per heavy atom. The third-order valence-electron chi connectivity index (χ3n) is 2.85. The van der Waals surface area contributed by atoms with Gasteiger partial charge in [0, 0.05) is 12.3 Å². The third-order valence-corrected chi connectivity index (χ3v) is 2.85. The highest BCUT2D eigenvalue weighted by molar-refractivity contribution is 5.90. The molecule has 3 heteroatoms. The van der Waals surface area contributed by atoms with Crippen LogP contribution < -0.4 is 0 Å². The summed E-state index contributed by atoms with van der Waals surface area (Å²) in [6.45, 7) is 0. The first-order valence-electron chi connectivity index (χ1n) is 4.40. The number of Topliss-reactive ketones (excluding diaryl/α,β-unsaturated/α-hetero) is 1. The molecule has 0 saturated heterocycles. The lowest BCUT2D eigenvalue weighted by atomic mass is 9.98. The molecule has 12 heavy (non-hydrogen) atoms. The molecule has 0 spiro atoms. The van der Waals surface area contributed by atoms with E-state index in [1.54, 1.807) is 0 Å². The van der Waals surface area contributed by atoms with E-state index in [1.807, 2.05) is 0 Å². The van der Waals surface area contributed by atoms with E-state index >= 15 is 0 Å². The summed E-state index contributed by atoms with van der Waals surface area (Å²) in [6, 6.07) is 0. The molecule has 2 saturated carbocycles. The number of aliphatic carboxylic acids is 1. The van der Waals surface area contributed by atoms with E-state index < -0.39 is 11.4 Å². The van der Waals surface area contributed by atoms with E-state index in [4.69, 9.17) is 5.11 Å². The van der Waals surface area contributed by atoms with Crippen molar-refractivity contribution in [3.05, 3.63) is 0 Å². The fourth-order valence-corrected chi connectivity index (χ4v) is 1.50. The third kappa shape index (κ3) is 1.24. The van der Waals surface area contributed by atoms with Crippen molar-refractivity contribution < 1.29 is 14.7 Å². The zero-order valence-electron chi connectivity index (χ0n) is 6.88. The van der Waals surface area contributed by atoms with Crippen LogP contribution in [0.2, 0.25) is 0 Å². The maximum atomic E-state index is 11.3. The summed E-state index contributed by atoms with van der Waals surface area (Å²) in [6.07, 6.45) is 3.64. The summed E-state index contributed by atoms with van der Waals surface area (Å²) in [7, 11) is 0. The summed E-state index contributed by atoms with van der Waals surface area (Å²) in [5.74, 6) is -0.395. The Morgan fingerprint density at radius 1 is 1.33 bits per heavy atom. The van der Waals surface area contributed by atoms with Gasteiger partial charge in [0.1, 0.15) is 5.78 Å². The standard InChI is InChI=1S/C9H12O3/c10-7(6-1-2-6)5-9(3-4-9)8(11)12/h6H,1-5H2,(H,11,12).